The molecule has 6 nitrogen and oxygen atoms in total. The Morgan fingerprint density at radius 1 is 1.40 bits per heavy atom. The van der Waals surface area contributed by atoms with E-state index < -0.39 is 0 Å². The molecular formula is C19H26N3O3+. The molecule has 4 unspecified atom stereocenters. The van der Waals surface area contributed by atoms with E-state index >= 15 is 0 Å². The number of hydrogen-bond acceptors (Lipinski definition) is 4. The maximum atomic E-state index is 12.6. The molecule has 3 aliphatic rings. The summed E-state index contributed by atoms with van der Waals surface area (Å²) in [5.41, 5.74) is 1.30. The second-order valence-electron chi connectivity index (χ2n) is 7.67. The molecule has 0 saturated carbocycles. The van der Waals surface area contributed by atoms with E-state index in [1.807, 2.05) is 0 Å². The van der Waals surface area contributed by atoms with Gasteiger partial charge in [-0.2, -0.15) is 0 Å². The lowest BCUT2D eigenvalue weighted by molar-refractivity contribution is -0.736. The van der Waals surface area contributed by atoms with Crippen molar-refractivity contribution >= 4 is 11.6 Å². The van der Waals surface area contributed by atoms with E-state index in [2.05, 4.69) is 22.0 Å². The summed E-state index contributed by atoms with van der Waals surface area (Å²) in [5, 5.41) is 3.19. The first-order chi connectivity index (χ1) is 12.1. The Kier molecular flexibility index (Phi) is 4.02. The lowest BCUT2D eigenvalue weighted by Crippen LogP contribution is -2.68. The normalized spacial score (nSPS) is 33.3. The summed E-state index contributed by atoms with van der Waals surface area (Å²) >= 11 is 0. The third-order valence-electron chi connectivity index (χ3n) is 6.48. The van der Waals surface area contributed by atoms with Crippen LogP contribution in [0.1, 0.15) is 55.8 Å². The molecule has 0 radical (unpaired) electrons. The predicted octanol–water partition coefficient (Wildman–Crippen LogP) is 2.94. The Morgan fingerprint density at radius 3 is 2.96 bits per heavy atom. The fourth-order valence-electron chi connectivity index (χ4n) is 5.35. The van der Waals surface area contributed by atoms with Crippen molar-refractivity contribution in [2.24, 2.45) is 0 Å². The van der Waals surface area contributed by atoms with Crippen LogP contribution in [0.15, 0.2) is 24.3 Å². The summed E-state index contributed by atoms with van der Waals surface area (Å²) in [5.74, 6) is -0.108. The number of carbonyl (C=O) groups is 1. The highest BCUT2D eigenvalue weighted by Gasteiger charge is 2.59. The van der Waals surface area contributed by atoms with Crippen LogP contribution < -0.4 is 5.32 Å². The van der Waals surface area contributed by atoms with Crippen LogP contribution >= 0.6 is 0 Å². The smallest absolute Gasteiger partial charge is 0.317 e. The molecule has 4 atom stereocenters. The number of benzene rings is 1. The number of hydrogen-bond donors (Lipinski definition) is 1. The molecule has 1 aromatic carbocycles. The fourth-order valence-corrected chi connectivity index (χ4v) is 5.35. The molecule has 0 bridgehead atoms. The standard InChI is InChI=1S/C19H25N3O3/c1-3-19-8-7-15-10-14(11-17(12-19)21(15)19)20-18(23)13-5-4-6-16(9-13)22(24)25-2/h4-6,9,14-15,17H,3,7-8,10-12H2,1-2H3/p+1. The van der Waals surface area contributed by atoms with Gasteiger partial charge < -0.3 is 5.32 Å². The number of nitrogens with zero attached hydrogens (tertiary/aromatic N) is 2. The van der Waals surface area contributed by atoms with Gasteiger partial charge in [-0.3, -0.25) is 9.69 Å². The molecule has 134 valence electrons. The van der Waals surface area contributed by atoms with Crippen molar-refractivity contribution in [3.63, 3.8) is 0 Å². The van der Waals surface area contributed by atoms with E-state index in [1.54, 1.807) is 24.3 Å². The molecule has 0 aliphatic carbocycles. The topological polar surface area (TPSA) is 61.6 Å². The summed E-state index contributed by atoms with van der Waals surface area (Å²) in [4.78, 5) is 32.0. The zero-order valence-electron chi connectivity index (χ0n) is 14.9. The highest BCUT2D eigenvalue weighted by atomic mass is 16.8. The first kappa shape index (κ1) is 16.5. The van der Waals surface area contributed by atoms with Crippen LogP contribution in [0.5, 0.6) is 0 Å². The zero-order valence-corrected chi connectivity index (χ0v) is 14.9. The summed E-state index contributed by atoms with van der Waals surface area (Å²) in [6, 6.07) is 8.11. The number of carbonyl (C=O) groups excluding carboxylic acids is 1. The molecule has 6 heteroatoms. The lowest BCUT2D eigenvalue weighted by atomic mass is 9.72. The molecule has 3 saturated heterocycles. The highest BCUT2D eigenvalue weighted by Crippen LogP contribution is 2.54. The second-order valence-corrected chi connectivity index (χ2v) is 7.67. The Labute approximate surface area is 148 Å². The van der Waals surface area contributed by atoms with E-state index in [4.69, 9.17) is 0 Å². The third kappa shape index (κ3) is 2.63. The quantitative estimate of drug-likeness (QED) is 0.834. The number of piperidine rings is 1. The van der Waals surface area contributed by atoms with Crippen molar-refractivity contribution in [2.45, 2.75) is 69.1 Å². The Bertz CT molecular complexity index is 707. The van der Waals surface area contributed by atoms with Gasteiger partial charge in [-0.05, 0) is 44.6 Å². The molecule has 25 heavy (non-hydrogen) atoms. The van der Waals surface area contributed by atoms with E-state index in [0.29, 0.717) is 33.8 Å². The van der Waals surface area contributed by atoms with Gasteiger partial charge in [0.15, 0.2) is 7.11 Å². The summed E-state index contributed by atoms with van der Waals surface area (Å²) in [6.45, 7) is 2.30. The predicted molar refractivity (Wildman–Crippen MR) is 93.5 cm³/mol. The van der Waals surface area contributed by atoms with Crippen molar-refractivity contribution in [1.82, 2.24) is 10.2 Å². The second kappa shape index (κ2) is 6.09. The van der Waals surface area contributed by atoms with Crippen LogP contribution in [0.2, 0.25) is 0 Å². The highest BCUT2D eigenvalue weighted by molar-refractivity contribution is 5.95. The van der Waals surface area contributed by atoms with Gasteiger partial charge in [0.1, 0.15) is 0 Å². The Morgan fingerprint density at radius 2 is 2.20 bits per heavy atom. The average Bonchev–Trinajstić information content (AvgIpc) is 2.95. The monoisotopic (exact) mass is 344 g/mol. The fraction of sp³-hybridized carbons (Fsp3) is 0.632. The minimum atomic E-state index is -0.108. The minimum Gasteiger partial charge on any atom is -0.349 e. The van der Waals surface area contributed by atoms with Crippen molar-refractivity contribution in [2.75, 3.05) is 7.11 Å². The molecular weight excluding hydrogens is 318 g/mol. The van der Waals surface area contributed by atoms with Crippen LogP contribution in [-0.4, -0.2) is 46.5 Å². The maximum absolute atomic E-state index is 12.6. The number of amides is 1. The van der Waals surface area contributed by atoms with Crippen molar-refractivity contribution in [3.05, 3.63) is 34.7 Å². The van der Waals surface area contributed by atoms with Gasteiger partial charge in [0.2, 0.25) is 0 Å². The van der Waals surface area contributed by atoms with E-state index in [0.717, 1.165) is 12.8 Å². The first-order valence-electron chi connectivity index (χ1n) is 9.27. The number of nitrogens with one attached hydrogen (secondary N) is 1. The van der Waals surface area contributed by atoms with Gasteiger partial charge in [0, 0.05) is 41.4 Å². The maximum Gasteiger partial charge on any atom is 0.317 e. The van der Waals surface area contributed by atoms with E-state index in [-0.39, 0.29) is 11.9 Å². The lowest BCUT2D eigenvalue weighted by Gasteiger charge is -2.60. The summed E-state index contributed by atoms with van der Waals surface area (Å²) < 4.78 is 0. The third-order valence-corrected chi connectivity index (χ3v) is 6.48. The molecule has 4 rings (SSSR count). The molecule has 1 N–H and O–H groups in total. The van der Waals surface area contributed by atoms with Crippen molar-refractivity contribution < 1.29 is 14.6 Å². The van der Waals surface area contributed by atoms with Crippen LogP contribution in [0, 0.1) is 4.91 Å². The minimum absolute atomic E-state index is 0.108. The number of rotatable bonds is 5. The average molecular weight is 344 g/mol. The van der Waals surface area contributed by atoms with Crippen LogP contribution in [0.4, 0.5) is 5.69 Å². The molecule has 3 aliphatic heterocycles. The summed E-state index contributed by atoms with van der Waals surface area (Å²) in [6.07, 6.45) is 7.16. The molecule has 1 aromatic rings. The van der Waals surface area contributed by atoms with Crippen molar-refractivity contribution in [1.29, 1.82) is 0 Å². The van der Waals surface area contributed by atoms with Gasteiger partial charge in [-0.1, -0.05) is 13.0 Å². The van der Waals surface area contributed by atoms with Gasteiger partial charge in [-0.15, -0.1) is 0 Å². The van der Waals surface area contributed by atoms with Crippen LogP contribution in [0.25, 0.3) is 0 Å². The van der Waals surface area contributed by atoms with Crippen LogP contribution in [0.3, 0.4) is 0 Å². The zero-order chi connectivity index (χ0) is 17.6. The Hall–Kier alpha value is -1.95. The Balaban J connectivity index is 1.42. The van der Waals surface area contributed by atoms with Gasteiger partial charge in [0.25, 0.3) is 10.8 Å². The molecule has 0 aromatic heterocycles. The molecule has 0 spiro atoms. The van der Waals surface area contributed by atoms with Gasteiger partial charge in [0.05, 0.1) is 4.91 Å². The molecule has 3 heterocycles. The molecule has 1 amide bonds. The van der Waals surface area contributed by atoms with Gasteiger partial charge in [-0.25, -0.2) is 4.84 Å². The SMILES string of the molecule is CCC12CCC3CC(NC(=O)c4cccc([N+](=O)OC)c4)CC(C1)N32. The van der Waals surface area contributed by atoms with E-state index in [1.165, 1.54) is 32.8 Å². The van der Waals surface area contributed by atoms with Gasteiger partial charge >= 0.3 is 5.69 Å². The molecule has 3 fully saturated rings. The first-order valence-corrected chi connectivity index (χ1v) is 9.27. The summed E-state index contributed by atoms with van der Waals surface area (Å²) in [7, 11) is 1.31. The van der Waals surface area contributed by atoms with Crippen molar-refractivity contribution in [3.8, 4) is 0 Å². The van der Waals surface area contributed by atoms with Crippen LogP contribution in [-0.2, 0) is 4.84 Å². The van der Waals surface area contributed by atoms with E-state index in [9.17, 15) is 9.70 Å². The largest absolute Gasteiger partial charge is 0.349 e.